The molecule has 0 saturated carbocycles. The van der Waals surface area contributed by atoms with Crippen molar-refractivity contribution in [1.82, 2.24) is 4.98 Å². The van der Waals surface area contributed by atoms with E-state index in [-0.39, 0.29) is 5.91 Å². The van der Waals surface area contributed by atoms with Crippen LogP contribution in [0.4, 0.5) is 5.69 Å². The number of aryl methyl sites for hydroxylation is 1. The Labute approximate surface area is 131 Å². The molecule has 1 amide bonds. The third-order valence-corrected chi connectivity index (χ3v) is 4.68. The van der Waals surface area contributed by atoms with Crippen LogP contribution in [0.3, 0.4) is 0 Å². The Balaban J connectivity index is 1.87. The zero-order chi connectivity index (χ0) is 13.7. The third-order valence-electron chi connectivity index (χ3n) is 4.09. The molecule has 4 rings (SSSR count). The van der Waals surface area contributed by atoms with Crippen LogP contribution < -0.4 is 4.90 Å². The molecular weight excluding hydrogens is 361 g/mol. The Morgan fingerprint density at radius 2 is 1.80 bits per heavy atom. The second kappa shape index (κ2) is 4.55. The van der Waals surface area contributed by atoms with Gasteiger partial charge in [0, 0.05) is 34.5 Å². The van der Waals surface area contributed by atoms with E-state index in [4.69, 9.17) is 0 Å². The number of hydrogen-bond acceptors (Lipinski definition) is 2. The molecule has 3 nitrogen and oxygen atoms in total. The smallest absolute Gasteiger partial charge is 0.227 e. The van der Waals surface area contributed by atoms with Crippen molar-refractivity contribution in [2.75, 3.05) is 11.4 Å². The molecule has 0 aliphatic carbocycles. The average Bonchev–Trinajstić information content (AvgIpc) is 2.88. The summed E-state index contributed by atoms with van der Waals surface area (Å²) in [6.45, 7) is 0.842. The molecule has 0 saturated heterocycles. The van der Waals surface area contributed by atoms with Gasteiger partial charge in [-0.05, 0) is 70.3 Å². The van der Waals surface area contributed by atoms with Crippen LogP contribution in [0.5, 0.6) is 0 Å². The van der Waals surface area contributed by atoms with Crippen LogP contribution in [0.1, 0.15) is 17.5 Å². The molecule has 0 radical (unpaired) electrons. The number of carbonyl (C=O) groups is 1. The first-order chi connectivity index (χ1) is 9.72. The molecular formula is C16H13IN2O. The molecule has 0 bridgehead atoms. The predicted octanol–water partition coefficient (Wildman–Crippen LogP) is 3.19. The largest absolute Gasteiger partial charge is 0.312 e. The van der Waals surface area contributed by atoms with Gasteiger partial charge in [-0.2, -0.15) is 0 Å². The van der Waals surface area contributed by atoms with E-state index < -0.39 is 0 Å². The summed E-state index contributed by atoms with van der Waals surface area (Å²) in [6, 6.07) is 6.61. The van der Waals surface area contributed by atoms with E-state index in [0.29, 0.717) is 6.42 Å². The lowest BCUT2D eigenvalue weighted by Gasteiger charge is -2.25. The highest BCUT2D eigenvalue weighted by Gasteiger charge is 2.31. The first kappa shape index (κ1) is 12.3. The summed E-state index contributed by atoms with van der Waals surface area (Å²) in [7, 11) is 0. The van der Waals surface area contributed by atoms with E-state index in [0.717, 1.165) is 28.5 Å². The Hall–Kier alpha value is -1.43. The second-order valence-corrected chi connectivity index (χ2v) is 6.58. The van der Waals surface area contributed by atoms with E-state index in [9.17, 15) is 4.79 Å². The minimum absolute atomic E-state index is 0.278. The van der Waals surface area contributed by atoms with Gasteiger partial charge in [0.05, 0.1) is 5.69 Å². The fourth-order valence-electron chi connectivity index (χ4n) is 3.19. The lowest BCUT2D eigenvalue weighted by Crippen LogP contribution is -2.32. The van der Waals surface area contributed by atoms with Crippen LogP contribution in [-0.2, 0) is 17.6 Å². The van der Waals surface area contributed by atoms with Gasteiger partial charge in [0.1, 0.15) is 0 Å². The molecule has 1 aromatic heterocycles. The van der Waals surface area contributed by atoms with E-state index >= 15 is 0 Å². The van der Waals surface area contributed by atoms with Crippen LogP contribution in [-0.4, -0.2) is 17.4 Å². The summed E-state index contributed by atoms with van der Waals surface area (Å²) in [6.07, 6.45) is 6.25. The van der Waals surface area contributed by atoms with E-state index in [1.54, 1.807) is 0 Å². The van der Waals surface area contributed by atoms with Crippen LogP contribution in [0.15, 0.2) is 30.6 Å². The van der Waals surface area contributed by atoms with E-state index in [1.165, 1.54) is 22.4 Å². The summed E-state index contributed by atoms with van der Waals surface area (Å²) >= 11 is 2.29. The molecule has 2 aliphatic rings. The highest BCUT2D eigenvalue weighted by atomic mass is 125. The van der Waals surface area contributed by atoms with Gasteiger partial charge in [-0.25, -0.2) is 0 Å². The molecule has 3 heterocycles. The maximum atomic E-state index is 11.9. The quantitative estimate of drug-likeness (QED) is 0.719. The van der Waals surface area contributed by atoms with Gasteiger partial charge in [-0.1, -0.05) is 0 Å². The number of nitrogens with zero attached hydrogens (tertiary/aromatic N) is 2. The molecule has 1 aromatic carbocycles. The Morgan fingerprint density at radius 3 is 2.60 bits per heavy atom. The number of rotatable bonds is 1. The zero-order valence-electron chi connectivity index (χ0n) is 10.9. The SMILES string of the molecule is O=C1CCc2cc(-c3cncc([125I])c3)cc3c2N1CC3. The molecule has 0 unspecified atom stereocenters. The summed E-state index contributed by atoms with van der Waals surface area (Å²) < 4.78 is 1.14. The maximum Gasteiger partial charge on any atom is 0.227 e. The molecule has 0 N–H and O–H groups in total. The minimum Gasteiger partial charge on any atom is -0.312 e. The Bertz CT molecular complexity index is 726. The van der Waals surface area contributed by atoms with Gasteiger partial charge in [-0.3, -0.25) is 9.78 Å². The van der Waals surface area contributed by atoms with Gasteiger partial charge in [0.2, 0.25) is 5.91 Å². The molecule has 0 spiro atoms. The van der Waals surface area contributed by atoms with Crippen molar-refractivity contribution in [3.63, 3.8) is 0 Å². The van der Waals surface area contributed by atoms with Crippen molar-refractivity contribution >= 4 is 34.2 Å². The molecule has 4 heteroatoms. The minimum atomic E-state index is 0.278. The number of carbonyl (C=O) groups excluding carboxylic acids is 1. The zero-order valence-corrected chi connectivity index (χ0v) is 13.1. The number of hydrogen-bond donors (Lipinski definition) is 0. The number of pyridine rings is 1. The molecule has 100 valence electrons. The van der Waals surface area contributed by atoms with Crippen molar-refractivity contribution in [3.05, 3.63) is 45.3 Å². The summed E-state index contributed by atoms with van der Waals surface area (Å²) in [5.74, 6) is 0.278. The lowest BCUT2D eigenvalue weighted by molar-refractivity contribution is -0.118. The van der Waals surface area contributed by atoms with Crippen molar-refractivity contribution in [2.24, 2.45) is 0 Å². The van der Waals surface area contributed by atoms with Gasteiger partial charge >= 0.3 is 0 Å². The van der Waals surface area contributed by atoms with Crippen LogP contribution in [0.25, 0.3) is 11.1 Å². The third kappa shape index (κ3) is 1.85. The predicted molar refractivity (Wildman–Crippen MR) is 86.8 cm³/mol. The Kier molecular flexibility index (Phi) is 2.80. The van der Waals surface area contributed by atoms with Gasteiger partial charge in [0.25, 0.3) is 0 Å². The highest BCUT2D eigenvalue weighted by Crippen LogP contribution is 2.39. The van der Waals surface area contributed by atoms with Gasteiger partial charge in [0.15, 0.2) is 0 Å². The number of aromatic nitrogens is 1. The first-order valence-corrected chi connectivity index (χ1v) is 7.87. The van der Waals surface area contributed by atoms with Crippen LogP contribution >= 0.6 is 22.6 Å². The Morgan fingerprint density at radius 1 is 1.00 bits per heavy atom. The molecule has 0 fully saturated rings. The van der Waals surface area contributed by atoms with Crippen molar-refractivity contribution in [3.8, 4) is 11.1 Å². The fraction of sp³-hybridized carbons (Fsp3) is 0.250. The fourth-order valence-corrected chi connectivity index (χ4v) is 3.69. The normalized spacial score (nSPS) is 16.4. The van der Waals surface area contributed by atoms with Crippen molar-refractivity contribution in [2.45, 2.75) is 19.3 Å². The van der Waals surface area contributed by atoms with Crippen LogP contribution in [0, 0.1) is 3.57 Å². The highest BCUT2D eigenvalue weighted by molar-refractivity contribution is 14.1. The van der Waals surface area contributed by atoms with E-state index in [1.807, 2.05) is 17.3 Å². The summed E-state index contributed by atoms with van der Waals surface area (Å²) in [4.78, 5) is 18.2. The standard InChI is InChI=1S/C16H13IN2O/c17-14-7-13(8-18-9-14)12-5-10-1-2-15(20)19-4-3-11(6-12)16(10)19/h5-9H,1-4H2/i17-2. The van der Waals surface area contributed by atoms with Crippen molar-refractivity contribution < 1.29 is 4.79 Å². The molecule has 2 aliphatic heterocycles. The lowest BCUT2D eigenvalue weighted by atomic mass is 9.94. The number of amides is 1. The van der Waals surface area contributed by atoms with Gasteiger partial charge in [-0.15, -0.1) is 0 Å². The van der Waals surface area contributed by atoms with E-state index in [2.05, 4.69) is 45.8 Å². The first-order valence-electron chi connectivity index (χ1n) is 6.79. The summed E-state index contributed by atoms with van der Waals surface area (Å²) in [5, 5.41) is 0. The van der Waals surface area contributed by atoms with Crippen molar-refractivity contribution in [1.29, 1.82) is 0 Å². The maximum absolute atomic E-state index is 11.9. The topological polar surface area (TPSA) is 33.2 Å². The molecule has 2 aromatic rings. The monoisotopic (exact) mass is 374 g/mol. The van der Waals surface area contributed by atoms with Crippen LogP contribution in [0.2, 0.25) is 0 Å². The molecule has 0 atom stereocenters. The number of benzene rings is 1. The number of anilines is 1. The average molecular weight is 374 g/mol. The second-order valence-electron chi connectivity index (χ2n) is 5.33. The molecule has 20 heavy (non-hydrogen) atoms. The number of halogens is 1. The van der Waals surface area contributed by atoms with Gasteiger partial charge < -0.3 is 4.90 Å². The summed E-state index contributed by atoms with van der Waals surface area (Å²) in [5.41, 5.74) is 6.19.